The van der Waals surface area contributed by atoms with Crippen LogP contribution in [0.3, 0.4) is 0 Å². The Morgan fingerprint density at radius 1 is 0.896 bits per heavy atom. The van der Waals surface area contributed by atoms with Gasteiger partial charge in [-0.3, -0.25) is 14.6 Å². The summed E-state index contributed by atoms with van der Waals surface area (Å²) in [7, 11) is 0. The van der Waals surface area contributed by atoms with Crippen molar-refractivity contribution in [1.29, 1.82) is 0 Å². The Bertz CT molecular complexity index is 1820. The summed E-state index contributed by atoms with van der Waals surface area (Å²) in [6, 6.07) is 11.6. The van der Waals surface area contributed by atoms with Gasteiger partial charge in [-0.05, 0) is 77.6 Å². The summed E-state index contributed by atoms with van der Waals surface area (Å²) in [5.41, 5.74) is 1.34. The number of benzene rings is 3. The molecule has 1 amide bonds. The molecule has 1 saturated heterocycles. The topological polar surface area (TPSA) is 80.8 Å². The Balaban J connectivity index is 1.17. The molecule has 6 rings (SSSR count). The third-order valence-electron chi connectivity index (χ3n) is 8.46. The number of amides is 1. The second-order valence-corrected chi connectivity index (χ2v) is 11.7. The van der Waals surface area contributed by atoms with Crippen LogP contribution in [0.15, 0.2) is 73.1 Å². The third kappa shape index (κ3) is 7.46. The summed E-state index contributed by atoms with van der Waals surface area (Å²) in [5.74, 6) is -4.84. The Kier molecular flexibility index (Phi) is 9.40. The van der Waals surface area contributed by atoms with E-state index in [1.807, 2.05) is 0 Å². The van der Waals surface area contributed by atoms with Gasteiger partial charge in [-0.25, -0.2) is 17.6 Å². The maximum atomic E-state index is 15.2. The number of rotatable bonds is 10. The van der Waals surface area contributed by atoms with Crippen molar-refractivity contribution < 1.29 is 45.4 Å². The van der Waals surface area contributed by atoms with Crippen molar-refractivity contribution in [3.05, 3.63) is 124 Å². The van der Waals surface area contributed by atoms with Gasteiger partial charge in [0.15, 0.2) is 11.5 Å². The van der Waals surface area contributed by atoms with E-state index in [1.54, 1.807) is 4.90 Å². The number of nitrogens with one attached hydrogen (secondary N) is 1. The molecule has 0 aliphatic carbocycles. The van der Waals surface area contributed by atoms with E-state index < -0.39 is 47.4 Å². The first-order chi connectivity index (χ1) is 23.0. The zero-order valence-electron chi connectivity index (χ0n) is 25.3. The molecule has 0 bridgehead atoms. The number of ether oxygens (including phenoxy) is 2. The molecular weight excluding hydrogens is 640 g/mol. The number of hydrogen-bond acceptors (Lipinski definition) is 6. The lowest BCUT2D eigenvalue weighted by Crippen LogP contribution is -2.53. The lowest BCUT2D eigenvalue weighted by Gasteiger charge is -2.36. The van der Waals surface area contributed by atoms with Crippen LogP contribution in [0, 0.1) is 23.3 Å². The predicted octanol–water partition coefficient (Wildman–Crippen LogP) is 6.34. The minimum atomic E-state index is -3.82. The van der Waals surface area contributed by atoms with E-state index in [4.69, 9.17) is 0 Å². The standard InChI is InChI=1S/C35H29F6N3O4/c36-24-4-1-20(2-5-24)30(22-11-25(37)15-26(38)12-22)16-28(45)13-23-17-43-19-31(39)29(23)7-6-27-18-42-9-10-44(27)34(46)21-3-8-32-33(14-21)48-35(40,41)47-32/h1-5,8,11-12,14-15,17,19,27,30,42H,6-7,9-10,13,16,18H2/t27-,30-/m0/s1. The van der Waals surface area contributed by atoms with E-state index in [9.17, 15) is 31.5 Å². The SMILES string of the molecule is O=C(Cc1cncc(F)c1CC[C@H]1CNCCN1C(=O)c1ccc2c(c1)OC(F)(F)O2)C[C@@H](c1ccc(F)cc1)c1cc(F)cc(F)c1. The molecule has 0 spiro atoms. The first-order valence-corrected chi connectivity index (χ1v) is 15.2. The quantitative estimate of drug-likeness (QED) is 0.199. The summed E-state index contributed by atoms with van der Waals surface area (Å²) in [6.07, 6.45) is -1.42. The third-order valence-corrected chi connectivity index (χ3v) is 8.46. The number of fused-ring (bicyclic) bond motifs is 1. The molecule has 3 aromatic carbocycles. The molecule has 1 N–H and O–H groups in total. The van der Waals surface area contributed by atoms with Crippen molar-refractivity contribution >= 4 is 11.7 Å². The van der Waals surface area contributed by atoms with Crippen molar-refractivity contribution in [2.45, 2.75) is 43.9 Å². The van der Waals surface area contributed by atoms with Gasteiger partial charge in [0.05, 0.1) is 6.20 Å². The normalized spacial score (nSPS) is 17.3. The molecule has 2 atom stereocenters. The van der Waals surface area contributed by atoms with E-state index in [1.165, 1.54) is 48.7 Å². The zero-order valence-corrected chi connectivity index (χ0v) is 25.3. The number of aromatic nitrogens is 1. The van der Waals surface area contributed by atoms with Crippen LogP contribution in [-0.2, 0) is 17.6 Å². The smallest absolute Gasteiger partial charge is 0.395 e. The number of hydrogen-bond donors (Lipinski definition) is 1. The zero-order chi connectivity index (χ0) is 34.0. The Labute approximate surface area is 271 Å². The minimum absolute atomic E-state index is 0.122. The number of nitrogens with zero attached hydrogens (tertiary/aromatic N) is 2. The van der Waals surface area contributed by atoms with Crippen molar-refractivity contribution in [1.82, 2.24) is 15.2 Å². The van der Waals surface area contributed by atoms with Gasteiger partial charge in [0.25, 0.3) is 5.91 Å². The van der Waals surface area contributed by atoms with E-state index in [0.717, 1.165) is 18.3 Å². The van der Waals surface area contributed by atoms with Crippen LogP contribution in [-0.4, -0.2) is 53.5 Å². The molecule has 1 aromatic heterocycles. The highest BCUT2D eigenvalue weighted by atomic mass is 19.3. The van der Waals surface area contributed by atoms with Crippen LogP contribution >= 0.6 is 0 Å². The van der Waals surface area contributed by atoms with Crippen molar-refractivity contribution in [3.8, 4) is 11.5 Å². The fraction of sp³-hybridized carbons (Fsp3) is 0.286. The van der Waals surface area contributed by atoms with Crippen LogP contribution in [0.25, 0.3) is 0 Å². The second kappa shape index (κ2) is 13.7. The number of piperazine rings is 1. The van der Waals surface area contributed by atoms with Crippen LogP contribution in [0.1, 0.15) is 51.4 Å². The Morgan fingerprint density at radius 3 is 2.38 bits per heavy atom. The fourth-order valence-electron chi connectivity index (χ4n) is 6.19. The van der Waals surface area contributed by atoms with Crippen molar-refractivity contribution in [2.75, 3.05) is 19.6 Å². The highest BCUT2D eigenvalue weighted by molar-refractivity contribution is 5.95. The second-order valence-electron chi connectivity index (χ2n) is 11.7. The number of carbonyl (C=O) groups is 2. The van der Waals surface area contributed by atoms with Crippen molar-refractivity contribution in [3.63, 3.8) is 0 Å². The largest absolute Gasteiger partial charge is 0.586 e. The first-order valence-electron chi connectivity index (χ1n) is 15.2. The Hall–Kier alpha value is -4.91. The van der Waals surface area contributed by atoms with Crippen LogP contribution in [0.5, 0.6) is 11.5 Å². The molecule has 2 aliphatic rings. The summed E-state index contributed by atoms with van der Waals surface area (Å²) < 4.78 is 93.1. The minimum Gasteiger partial charge on any atom is -0.395 e. The summed E-state index contributed by atoms with van der Waals surface area (Å²) in [6.45, 7) is 1.18. The molecule has 2 aliphatic heterocycles. The lowest BCUT2D eigenvalue weighted by molar-refractivity contribution is -0.286. The van der Waals surface area contributed by atoms with Gasteiger partial charge in [-0.1, -0.05) is 12.1 Å². The highest BCUT2D eigenvalue weighted by Crippen LogP contribution is 2.41. The number of carbonyl (C=O) groups excluding carboxylic acids is 2. The van der Waals surface area contributed by atoms with E-state index in [2.05, 4.69) is 19.8 Å². The van der Waals surface area contributed by atoms with E-state index in [0.29, 0.717) is 43.2 Å². The first kappa shape index (κ1) is 33.0. The maximum Gasteiger partial charge on any atom is 0.586 e. The highest BCUT2D eigenvalue weighted by Gasteiger charge is 2.44. The number of Topliss-reactive ketones (excluding diaryl/α,β-unsaturated/α-hetero) is 1. The number of ketones is 1. The van der Waals surface area contributed by atoms with Gasteiger partial charge in [0, 0.05) is 62.3 Å². The molecular formula is C35H29F6N3O4. The van der Waals surface area contributed by atoms with Crippen LogP contribution < -0.4 is 14.8 Å². The van der Waals surface area contributed by atoms with E-state index >= 15 is 4.39 Å². The van der Waals surface area contributed by atoms with Gasteiger partial charge >= 0.3 is 6.29 Å². The molecule has 0 radical (unpaired) electrons. The van der Waals surface area contributed by atoms with Gasteiger partial charge in [-0.2, -0.15) is 0 Å². The summed E-state index contributed by atoms with van der Waals surface area (Å²) >= 11 is 0. The van der Waals surface area contributed by atoms with E-state index in [-0.39, 0.29) is 53.2 Å². The summed E-state index contributed by atoms with van der Waals surface area (Å²) in [5, 5.41) is 3.21. The molecule has 1 fully saturated rings. The van der Waals surface area contributed by atoms with Gasteiger partial charge in [0.1, 0.15) is 29.1 Å². The molecule has 7 nitrogen and oxygen atoms in total. The van der Waals surface area contributed by atoms with Crippen molar-refractivity contribution in [2.24, 2.45) is 0 Å². The predicted molar refractivity (Wildman–Crippen MR) is 161 cm³/mol. The molecule has 3 heterocycles. The van der Waals surface area contributed by atoms with Crippen LogP contribution in [0.4, 0.5) is 26.3 Å². The molecule has 4 aromatic rings. The molecule has 0 saturated carbocycles. The monoisotopic (exact) mass is 669 g/mol. The molecule has 13 heteroatoms. The number of halogens is 6. The maximum absolute atomic E-state index is 15.2. The van der Waals surface area contributed by atoms with Gasteiger partial charge in [0.2, 0.25) is 0 Å². The lowest BCUT2D eigenvalue weighted by atomic mass is 9.85. The molecule has 250 valence electrons. The van der Waals surface area contributed by atoms with Gasteiger partial charge < -0.3 is 19.7 Å². The number of alkyl halides is 2. The summed E-state index contributed by atoms with van der Waals surface area (Å²) in [4.78, 5) is 32.4. The van der Waals surface area contributed by atoms with Crippen LogP contribution in [0.2, 0.25) is 0 Å². The van der Waals surface area contributed by atoms with Gasteiger partial charge in [-0.15, -0.1) is 8.78 Å². The molecule has 48 heavy (non-hydrogen) atoms. The number of pyridine rings is 1. The Morgan fingerprint density at radius 2 is 1.62 bits per heavy atom. The fourth-order valence-corrected chi connectivity index (χ4v) is 6.19. The average molecular weight is 670 g/mol. The average Bonchev–Trinajstić information content (AvgIpc) is 3.36. The molecule has 0 unspecified atom stereocenters.